The Balaban J connectivity index is -0.000000124. The van der Waals surface area contributed by atoms with Gasteiger partial charge in [-0.25, -0.2) is 0 Å². The van der Waals surface area contributed by atoms with Crippen LogP contribution in [0.15, 0.2) is 23.7 Å². The van der Waals surface area contributed by atoms with E-state index in [4.69, 9.17) is 0 Å². The first-order valence-corrected chi connectivity index (χ1v) is 6.85. The summed E-state index contributed by atoms with van der Waals surface area (Å²) in [6.07, 6.45) is 2.72. The summed E-state index contributed by atoms with van der Waals surface area (Å²) in [5.41, 5.74) is 0. The van der Waals surface area contributed by atoms with E-state index in [9.17, 15) is 34.5 Å². The van der Waals surface area contributed by atoms with Crippen LogP contribution in [0.25, 0.3) is 0 Å². The number of hydrogen-bond acceptors (Lipinski definition) is 7. The first-order valence-electron chi connectivity index (χ1n) is 6.85. The van der Waals surface area contributed by atoms with Gasteiger partial charge in [-0.05, 0) is 32.4 Å². The molecule has 0 unspecified atom stereocenters. The van der Waals surface area contributed by atoms with E-state index < -0.39 is 12.4 Å². The van der Waals surface area contributed by atoms with Crippen molar-refractivity contribution in [3.05, 3.63) is 23.7 Å². The van der Waals surface area contributed by atoms with Crippen molar-refractivity contribution in [2.75, 3.05) is 0 Å². The number of aliphatic carboxylic acids is 1. The van der Waals surface area contributed by atoms with E-state index in [1.165, 1.54) is 27.7 Å². The third-order valence-corrected chi connectivity index (χ3v) is 1.68. The molecule has 7 nitrogen and oxygen atoms in total. The Kier molecular flexibility index (Phi) is 23.9. The van der Waals surface area contributed by atoms with Crippen molar-refractivity contribution in [3.8, 4) is 0 Å². The fourth-order valence-corrected chi connectivity index (χ4v) is 1.10. The minimum Gasteiger partial charge on any atom is -0.876 e. The van der Waals surface area contributed by atoms with Crippen LogP contribution in [0.2, 0.25) is 0 Å². The SMILES string of the molecule is CC(=O)/C=C(/C)[O-].CC(=O)/C=C(/C)[O-].CCCC(=O)CC(=O)[O-].[Al+3]. The van der Waals surface area contributed by atoms with E-state index >= 15 is 0 Å². The summed E-state index contributed by atoms with van der Waals surface area (Å²) >= 11 is 0. The van der Waals surface area contributed by atoms with Gasteiger partial charge >= 0.3 is 17.4 Å². The molecule has 0 aromatic heterocycles. The van der Waals surface area contributed by atoms with Gasteiger partial charge in [0.2, 0.25) is 0 Å². The maximum absolute atomic E-state index is 10.4. The predicted octanol–water partition coefficient (Wildman–Crippen LogP) is -1.21. The monoisotopic (exact) mass is 354 g/mol. The van der Waals surface area contributed by atoms with Gasteiger partial charge in [-0.2, -0.15) is 0 Å². The first-order chi connectivity index (χ1) is 10.4. The van der Waals surface area contributed by atoms with Crippen LogP contribution >= 0.6 is 0 Å². The van der Waals surface area contributed by atoms with Crippen LogP contribution in [0.3, 0.4) is 0 Å². The number of rotatable bonds is 6. The van der Waals surface area contributed by atoms with Gasteiger partial charge in [-0.15, -0.1) is 11.5 Å². The Morgan fingerprint density at radius 1 is 0.792 bits per heavy atom. The topological polar surface area (TPSA) is 137 Å². The molecule has 0 radical (unpaired) electrons. The van der Waals surface area contributed by atoms with E-state index in [2.05, 4.69) is 0 Å². The number of carbonyl (C=O) groups excluding carboxylic acids is 4. The van der Waals surface area contributed by atoms with Crippen LogP contribution in [0.5, 0.6) is 0 Å². The molecule has 0 aliphatic heterocycles. The minimum absolute atomic E-state index is 0. The summed E-state index contributed by atoms with van der Waals surface area (Å²) < 4.78 is 0. The molecule has 0 spiro atoms. The third-order valence-electron chi connectivity index (χ3n) is 1.68. The van der Waals surface area contributed by atoms with Crippen LogP contribution in [-0.2, 0) is 19.2 Å². The molecule has 0 saturated carbocycles. The molecule has 0 saturated heterocycles. The molecule has 0 heterocycles. The zero-order chi connectivity index (χ0) is 19.0. The number of Topliss-reactive ketones (excluding diaryl/α,β-unsaturated/α-hetero) is 1. The average molecular weight is 354 g/mol. The molecule has 0 rings (SSSR count). The van der Waals surface area contributed by atoms with Gasteiger partial charge in [0.25, 0.3) is 0 Å². The fraction of sp³-hybridized carbons (Fsp3) is 0.500. The maximum atomic E-state index is 10.4. The van der Waals surface area contributed by atoms with Gasteiger partial charge in [0.15, 0.2) is 11.6 Å². The molecule has 24 heavy (non-hydrogen) atoms. The van der Waals surface area contributed by atoms with Gasteiger partial charge in [-0.3, -0.25) is 14.4 Å². The van der Waals surface area contributed by atoms with Crippen LogP contribution in [0.1, 0.15) is 53.9 Å². The smallest absolute Gasteiger partial charge is 0.876 e. The number of carboxylic acids is 1. The van der Waals surface area contributed by atoms with Gasteiger partial charge in [0.1, 0.15) is 5.78 Å². The molecule has 0 aliphatic rings. The molecule has 8 heteroatoms. The maximum Gasteiger partial charge on any atom is 3.00 e. The van der Waals surface area contributed by atoms with Crippen molar-refractivity contribution >= 4 is 40.7 Å². The Hall–Kier alpha value is -1.91. The van der Waals surface area contributed by atoms with E-state index in [-0.39, 0.29) is 46.2 Å². The molecule has 0 bridgehead atoms. The predicted molar refractivity (Wildman–Crippen MR) is 84.2 cm³/mol. The Labute approximate surface area is 153 Å². The Morgan fingerprint density at radius 2 is 1.12 bits per heavy atom. The van der Waals surface area contributed by atoms with Gasteiger partial charge < -0.3 is 20.1 Å². The van der Waals surface area contributed by atoms with Crippen molar-refractivity contribution in [1.29, 1.82) is 0 Å². The molecule has 0 fully saturated rings. The fourth-order valence-electron chi connectivity index (χ4n) is 1.10. The molecule has 0 aromatic rings. The van der Waals surface area contributed by atoms with Crippen molar-refractivity contribution in [3.63, 3.8) is 0 Å². The molecule has 0 aliphatic carbocycles. The first kappa shape index (κ1) is 30.0. The van der Waals surface area contributed by atoms with Crippen molar-refractivity contribution in [1.82, 2.24) is 0 Å². The molecule has 0 N–H and O–H groups in total. The van der Waals surface area contributed by atoms with Gasteiger partial charge in [-0.1, -0.05) is 20.8 Å². The van der Waals surface area contributed by atoms with Crippen LogP contribution in [-0.4, -0.2) is 40.7 Å². The summed E-state index contributed by atoms with van der Waals surface area (Å²) in [5, 5.41) is 29.7. The number of ketones is 3. The normalized spacial score (nSPS) is 10.0. The molecule has 132 valence electrons. The second kappa shape index (κ2) is 19.1. The quantitative estimate of drug-likeness (QED) is 0.252. The number of carbonyl (C=O) groups is 4. The summed E-state index contributed by atoms with van der Waals surface area (Å²) in [7, 11) is 0. The Morgan fingerprint density at radius 3 is 1.25 bits per heavy atom. The second-order valence-electron chi connectivity index (χ2n) is 4.57. The average Bonchev–Trinajstić information content (AvgIpc) is 2.25. The Bertz CT molecular complexity index is 429. The minimum atomic E-state index is -1.28. The van der Waals surface area contributed by atoms with Crippen LogP contribution in [0, 0.1) is 0 Å². The van der Waals surface area contributed by atoms with E-state index in [0.29, 0.717) is 12.8 Å². The zero-order valence-corrected chi connectivity index (χ0v) is 15.9. The van der Waals surface area contributed by atoms with E-state index in [0.717, 1.165) is 12.2 Å². The van der Waals surface area contributed by atoms with Crippen molar-refractivity contribution in [2.45, 2.75) is 53.9 Å². The van der Waals surface area contributed by atoms with Gasteiger partial charge in [0, 0.05) is 18.8 Å². The summed E-state index contributed by atoms with van der Waals surface area (Å²) in [6.45, 7) is 7.22. The molecule has 0 atom stereocenters. The number of hydrogen-bond donors (Lipinski definition) is 0. The summed E-state index contributed by atoms with van der Waals surface area (Å²) in [5.74, 6) is -2.29. The van der Waals surface area contributed by atoms with Gasteiger partial charge in [0.05, 0.1) is 0 Å². The van der Waals surface area contributed by atoms with Crippen LogP contribution < -0.4 is 15.3 Å². The standard InChI is InChI=1S/C6H10O3.2C5H8O2.Al/c1-2-3-5(7)4-6(8)9;2*1-4(6)3-5(2)7;/h2-4H2,1H3,(H,8,9);2*3,6H,1-2H3;/q;;;+3/p-3/b;2*4-3-;. The zero-order valence-electron chi connectivity index (χ0n) is 14.7. The van der Waals surface area contributed by atoms with Crippen molar-refractivity contribution in [2.24, 2.45) is 0 Å². The molecule has 0 aromatic carbocycles. The van der Waals surface area contributed by atoms with Crippen LogP contribution in [0.4, 0.5) is 0 Å². The third kappa shape index (κ3) is 42.7. The van der Waals surface area contributed by atoms with E-state index in [1.54, 1.807) is 0 Å². The summed E-state index contributed by atoms with van der Waals surface area (Å²) in [4.78, 5) is 40.1. The summed E-state index contributed by atoms with van der Waals surface area (Å²) in [6, 6.07) is 0. The van der Waals surface area contributed by atoms with E-state index in [1.807, 2.05) is 6.92 Å². The molecular weight excluding hydrogens is 331 g/mol. The second-order valence-corrected chi connectivity index (χ2v) is 4.57. The number of allylic oxidation sites excluding steroid dienone is 4. The number of carboxylic acid groups (broad SMARTS) is 1. The molecule has 0 amide bonds. The van der Waals surface area contributed by atoms with Crippen molar-refractivity contribution < 1.29 is 34.5 Å². The largest absolute Gasteiger partial charge is 3.00 e. The molecular formula is C16H23AlO7.